The molecular weight excluding hydrogens is 370 g/mol. The SMILES string of the molecule is CN1C(=O)C(c2c[nH]c3ccccc23)=C(c2c(C(=O)O)[nH]c3ccccc23)C1=O. The van der Waals surface area contributed by atoms with Crippen LogP contribution in [-0.4, -0.2) is 44.8 Å². The number of likely N-dealkylation sites (N-methyl/N-ethyl adjacent to an activating group) is 1. The quantitative estimate of drug-likeness (QED) is 0.471. The Kier molecular flexibility index (Phi) is 3.48. The number of carboxylic acids is 1. The predicted octanol–water partition coefficient (Wildman–Crippen LogP) is 3.26. The van der Waals surface area contributed by atoms with Crippen LogP contribution >= 0.6 is 0 Å². The summed E-state index contributed by atoms with van der Waals surface area (Å²) in [5.41, 5.74) is 2.38. The number of aromatic amines is 2. The molecule has 7 nitrogen and oxygen atoms in total. The minimum absolute atomic E-state index is 0.0945. The molecule has 5 rings (SSSR count). The standard InChI is InChI=1S/C22H15N3O4/c1-25-20(26)17(13-10-23-14-8-4-2-6-11(13)14)18(21(25)27)16-12-7-3-5-9-15(12)24-19(16)22(28)29/h2-10,23-24H,1H3,(H,28,29). The molecule has 0 fully saturated rings. The van der Waals surface area contributed by atoms with Gasteiger partial charge in [-0.25, -0.2) is 4.79 Å². The van der Waals surface area contributed by atoms with Crippen LogP contribution in [0.4, 0.5) is 0 Å². The zero-order valence-corrected chi connectivity index (χ0v) is 15.3. The fourth-order valence-corrected chi connectivity index (χ4v) is 3.96. The molecule has 0 saturated carbocycles. The normalized spacial score (nSPS) is 14.6. The highest BCUT2D eigenvalue weighted by Gasteiger charge is 2.40. The Labute approximate surface area is 164 Å². The highest BCUT2D eigenvalue weighted by Crippen LogP contribution is 2.41. The largest absolute Gasteiger partial charge is 0.477 e. The van der Waals surface area contributed by atoms with Crippen molar-refractivity contribution < 1.29 is 19.5 Å². The number of carbonyl (C=O) groups is 3. The summed E-state index contributed by atoms with van der Waals surface area (Å²) in [5.74, 6) is -2.18. The molecule has 2 aromatic carbocycles. The van der Waals surface area contributed by atoms with Gasteiger partial charge in [0.2, 0.25) is 0 Å². The first-order valence-electron chi connectivity index (χ1n) is 8.96. The summed E-state index contributed by atoms with van der Waals surface area (Å²) < 4.78 is 0. The van der Waals surface area contributed by atoms with E-state index >= 15 is 0 Å². The van der Waals surface area contributed by atoms with Gasteiger partial charge in [0.1, 0.15) is 5.69 Å². The number of rotatable bonds is 3. The minimum atomic E-state index is -1.20. The van der Waals surface area contributed by atoms with Crippen LogP contribution in [0.2, 0.25) is 0 Å². The number of carbonyl (C=O) groups excluding carboxylic acids is 2. The van der Waals surface area contributed by atoms with Crippen molar-refractivity contribution in [2.75, 3.05) is 7.05 Å². The number of benzene rings is 2. The number of aromatic carboxylic acids is 1. The summed E-state index contributed by atoms with van der Waals surface area (Å²) in [5, 5.41) is 11.1. The minimum Gasteiger partial charge on any atom is -0.477 e. The van der Waals surface area contributed by atoms with Crippen molar-refractivity contribution in [3.05, 3.63) is 71.5 Å². The summed E-state index contributed by atoms with van der Waals surface area (Å²) in [4.78, 5) is 45.1. The van der Waals surface area contributed by atoms with Crippen LogP contribution in [0, 0.1) is 0 Å². The fraction of sp³-hybridized carbons (Fsp3) is 0.0455. The lowest BCUT2D eigenvalue weighted by Gasteiger charge is -2.06. The molecular formula is C22H15N3O4. The molecule has 29 heavy (non-hydrogen) atoms. The van der Waals surface area contributed by atoms with E-state index in [2.05, 4.69) is 9.97 Å². The molecule has 0 radical (unpaired) electrons. The summed E-state index contributed by atoms with van der Waals surface area (Å²) in [6.07, 6.45) is 1.68. The summed E-state index contributed by atoms with van der Waals surface area (Å²) in [6.45, 7) is 0. The number of aromatic nitrogens is 2. The molecule has 0 saturated heterocycles. The van der Waals surface area contributed by atoms with E-state index in [0.717, 1.165) is 15.8 Å². The number of carboxylic acid groups (broad SMARTS) is 1. The first kappa shape index (κ1) is 17.0. The molecule has 1 aliphatic rings. The van der Waals surface area contributed by atoms with Crippen molar-refractivity contribution in [2.45, 2.75) is 0 Å². The number of hydrogen-bond acceptors (Lipinski definition) is 3. The monoisotopic (exact) mass is 385 g/mol. The third-order valence-electron chi connectivity index (χ3n) is 5.32. The molecule has 7 heteroatoms. The van der Waals surface area contributed by atoms with Crippen LogP contribution in [0.3, 0.4) is 0 Å². The van der Waals surface area contributed by atoms with Crippen molar-refractivity contribution in [3.8, 4) is 0 Å². The fourth-order valence-electron chi connectivity index (χ4n) is 3.96. The molecule has 2 amide bonds. The Morgan fingerprint density at radius 2 is 1.52 bits per heavy atom. The van der Waals surface area contributed by atoms with E-state index in [4.69, 9.17) is 0 Å². The number of nitrogens with zero attached hydrogens (tertiary/aromatic N) is 1. The van der Waals surface area contributed by atoms with E-state index in [1.165, 1.54) is 7.05 Å². The van der Waals surface area contributed by atoms with E-state index in [1.54, 1.807) is 30.5 Å². The van der Waals surface area contributed by atoms with Gasteiger partial charge in [-0.1, -0.05) is 36.4 Å². The molecule has 2 aromatic heterocycles. The van der Waals surface area contributed by atoms with Gasteiger partial charge in [0.25, 0.3) is 11.8 Å². The molecule has 3 N–H and O–H groups in total. The molecule has 0 atom stereocenters. The van der Waals surface area contributed by atoms with Crippen LogP contribution in [0.5, 0.6) is 0 Å². The van der Waals surface area contributed by atoms with E-state index in [-0.39, 0.29) is 22.4 Å². The smallest absolute Gasteiger partial charge is 0.352 e. The van der Waals surface area contributed by atoms with Gasteiger partial charge in [0, 0.05) is 46.2 Å². The second kappa shape index (κ2) is 5.93. The zero-order valence-electron chi connectivity index (χ0n) is 15.3. The van der Waals surface area contributed by atoms with E-state index in [0.29, 0.717) is 16.5 Å². The van der Waals surface area contributed by atoms with Gasteiger partial charge < -0.3 is 15.1 Å². The van der Waals surface area contributed by atoms with E-state index < -0.39 is 17.8 Å². The van der Waals surface area contributed by atoms with Crippen molar-refractivity contribution in [1.82, 2.24) is 14.9 Å². The third kappa shape index (κ3) is 2.27. The molecule has 0 aliphatic carbocycles. The Bertz CT molecular complexity index is 1390. The Hall–Kier alpha value is -4.13. The Balaban J connectivity index is 1.92. The number of imide groups is 1. The molecule has 1 aliphatic heterocycles. The maximum Gasteiger partial charge on any atom is 0.352 e. The maximum absolute atomic E-state index is 13.1. The first-order chi connectivity index (χ1) is 14.0. The predicted molar refractivity (Wildman–Crippen MR) is 108 cm³/mol. The lowest BCUT2D eigenvalue weighted by Crippen LogP contribution is -2.26. The van der Waals surface area contributed by atoms with Gasteiger partial charge >= 0.3 is 5.97 Å². The molecule has 3 heterocycles. The molecule has 0 unspecified atom stereocenters. The maximum atomic E-state index is 13.1. The van der Waals surface area contributed by atoms with Crippen molar-refractivity contribution in [1.29, 1.82) is 0 Å². The van der Waals surface area contributed by atoms with Crippen LogP contribution in [0.15, 0.2) is 54.7 Å². The summed E-state index contributed by atoms with van der Waals surface area (Å²) in [6, 6.07) is 14.5. The highest BCUT2D eigenvalue weighted by molar-refractivity contribution is 6.51. The molecule has 0 bridgehead atoms. The second-order valence-corrected chi connectivity index (χ2v) is 6.89. The van der Waals surface area contributed by atoms with Crippen LogP contribution in [0.25, 0.3) is 33.0 Å². The second-order valence-electron chi connectivity index (χ2n) is 6.89. The number of nitrogens with one attached hydrogen (secondary N) is 2. The molecule has 4 aromatic rings. The number of para-hydroxylation sites is 2. The van der Waals surface area contributed by atoms with Gasteiger partial charge in [-0.3, -0.25) is 14.5 Å². The van der Waals surface area contributed by atoms with Gasteiger partial charge in [-0.15, -0.1) is 0 Å². The lowest BCUT2D eigenvalue weighted by atomic mass is 9.94. The average molecular weight is 385 g/mol. The number of H-pyrrole nitrogens is 2. The van der Waals surface area contributed by atoms with Crippen LogP contribution < -0.4 is 0 Å². The average Bonchev–Trinajstić information content (AvgIpc) is 3.37. The topological polar surface area (TPSA) is 106 Å². The third-order valence-corrected chi connectivity index (χ3v) is 5.32. The number of fused-ring (bicyclic) bond motifs is 2. The van der Waals surface area contributed by atoms with E-state index in [9.17, 15) is 19.5 Å². The summed E-state index contributed by atoms with van der Waals surface area (Å²) in [7, 11) is 1.40. The number of hydrogen-bond donors (Lipinski definition) is 3. The Morgan fingerprint density at radius 1 is 0.897 bits per heavy atom. The molecule has 142 valence electrons. The van der Waals surface area contributed by atoms with Crippen molar-refractivity contribution in [3.63, 3.8) is 0 Å². The zero-order chi connectivity index (χ0) is 20.3. The van der Waals surface area contributed by atoms with Crippen LogP contribution in [0.1, 0.15) is 21.6 Å². The first-order valence-corrected chi connectivity index (χ1v) is 8.96. The number of amides is 2. The van der Waals surface area contributed by atoms with Gasteiger partial charge in [0.15, 0.2) is 0 Å². The van der Waals surface area contributed by atoms with E-state index in [1.807, 2.05) is 24.3 Å². The van der Waals surface area contributed by atoms with Gasteiger partial charge in [0.05, 0.1) is 11.1 Å². The van der Waals surface area contributed by atoms with Gasteiger partial charge in [-0.2, -0.15) is 0 Å². The lowest BCUT2D eigenvalue weighted by molar-refractivity contribution is -0.134. The highest BCUT2D eigenvalue weighted by atomic mass is 16.4. The Morgan fingerprint density at radius 3 is 2.24 bits per heavy atom. The van der Waals surface area contributed by atoms with Crippen molar-refractivity contribution in [2.24, 2.45) is 0 Å². The van der Waals surface area contributed by atoms with Crippen LogP contribution in [-0.2, 0) is 9.59 Å². The molecule has 0 spiro atoms. The summed E-state index contributed by atoms with van der Waals surface area (Å²) >= 11 is 0. The van der Waals surface area contributed by atoms with Crippen molar-refractivity contribution >= 4 is 50.7 Å². The van der Waals surface area contributed by atoms with Gasteiger partial charge in [-0.05, 0) is 12.1 Å².